The summed E-state index contributed by atoms with van der Waals surface area (Å²) in [6.45, 7) is 2.84. The molecule has 0 spiro atoms. The van der Waals surface area contributed by atoms with E-state index in [9.17, 15) is 13.6 Å². The van der Waals surface area contributed by atoms with Gasteiger partial charge in [0.05, 0.1) is 5.56 Å². The van der Waals surface area contributed by atoms with Crippen LogP contribution in [0.1, 0.15) is 24.2 Å². The minimum absolute atomic E-state index is 0.129. The molecule has 0 saturated carbocycles. The van der Waals surface area contributed by atoms with Crippen LogP contribution in [0, 0.1) is 15.2 Å². The second-order valence-corrected chi connectivity index (χ2v) is 4.61. The van der Waals surface area contributed by atoms with Crippen molar-refractivity contribution < 1.29 is 23.4 Å². The molecule has 0 bridgehead atoms. The van der Waals surface area contributed by atoms with E-state index in [4.69, 9.17) is 9.84 Å². The van der Waals surface area contributed by atoms with Crippen LogP contribution in [-0.4, -0.2) is 17.2 Å². The van der Waals surface area contributed by atoms with E-state index in [2.05, 4.69) is 0 Å². The maximum atomic E-state index is 13.5. The Morgan fingerprint density at radius 1 is 1.44 bits per heavy atom. The number of Topliss-reactive ketones (excluding diaryl/α,β-unsaturated/α-hetero) is 1. The Morgan fingerprint density at radius 2 is 2.06 bits per heavy atom. The van der Waals surface area contributed by atoms with Crippen molar-refractivity contribution in [1.82, 2.24) is 0 Å². The molecule has 0 saturated heterocycles. The van der Waals surface area contributed by atoms with Gasteiger partial charge in [0.25, 0.3) is 0 Å². The van der Waals surface area contributed by atoms with Gasteiger partial charge in [0.1, 0.15) is 11.6 Å². The molecule has 1 aromatic rings. The van der Waals surface area contributed by atoms with Gasteiger partial charge in [-0.05, 0) is 48.6 Å². The zero-order chi connectivity index (χ0) is 13.9. The first-order chi connectivity index (χ1) is 8.36. The number of carbonyl (C=O) groups is 1. The summed E-state index contributed by atoms with van der Waals surface area (Å²) in [6.07, 6.45) is 0.118. The maximum Gasteiger partial charge on any atom is 0.230 e. The average Bonchev–Trinajstić information content (AvgIpc) is 2.29. The lowest BCUT2D eigenvalue weighted by Crippen LogP contribution is -2.15. The minimum atomic E-state index is -1.19. The molecule has 0 radical (unpaired) electrons. The van der Waals surface area contributed by atoms with Crippen LogP contribution in [0.3, 0.4) is 0 Å². The molecule has 1 atom stereocenters. The highest BCUT2D eigenvalue weighted by Gasteiger charge is 2.20. The molecule has 3 nitrogen and oxygen atoms in total. The van der Waals surface area contributed by atoms with E-state index in [1.165, 1.54) is 19.9 Å². The highest BCUT2D eigenvalue weighted by molar-refractivity contribution is 14.1. The normalized spacial score (nSPS) is 13.3. The lowest BCUT2D eigenvalue weighted by Gasteiger charge is -2.12. The molecule has 1 rings (SSSR count). The number of allylic oxidation sites excluding steroid dienone is 2. The van der Waals surface area contributed by atoms with Crippen LogP contribution in [0.25, 0.3) is 0 Å². The molecule has 98 valence electrons. The standard InChI is InChI=1S/C12H11F2IO3/c1-3-11(18-6(2)16)12(17)7-4-10(15)9(14)5-8(7)13/h3-6,16H,1-2H3/b11-3-. The predicted molar refractivity (Wildman–Crippen MR) is 69.9 cm³/mol. The Balaban J connectivity index is 3.14. The SMILES string of the molecule is C/C=C(\OC(C)O)C(=O)c1cc(I)c(F)cc1F. The van der Waals surface area contributed by atoms with E-state index >= 15 is 0 Å². The van der Waals surface area contributed by atoms with E-state index in [-0.39, 0.29) is 14.9 Å². The fraction of sp³-hybridized carbons (Fsp3) is 0.250. The number of hydrogen-bond donors (Lipinski definition) is 1. The smallest absolute Gasteiger partial charge is 0.230 e. The average molecular weight is 368 g/mol. The lowest BCUT2D eigenvalue weighted by atomic mass is 10.1. The summed E-state index contributed by atoms with van der Waals surface area (Å²) in [7, 11) is 0. The van der Waals surface area contributed by atoms with E-state index in [0.717, 1.165) is 6.07 Å². The van der Waals surface area contributed by atoms with Gasteiger partial charge in [-0.15, -0.1) is 0 Å². The molecule has 0 aliphatic heterocycles. The molecule has 0 aliphatic carbocycles. The summed E-state index contributed by atoms with van der Waals surface area (Å²) in [5.41, 5.74) is -0.297. The molecule has 0 fully saturated rings. The van der Waals surface area contributed by atoms with Gasteiger partial charge in [-0.25, -0.2) is 8.78 Å². The van der Waals surface area contributed by atoms with Crippen molar-refractivity contribution in [3.8, 4) is 0 Å². The second-order valence-electron chi connectivity index (χ2n) is 3.45. The van der Waals surface area contributed by atoms with Gasteiger partial charge in [-0.3, -0.25) is 4.79 Å². The summed E-state index contributed by atoms with van der Waals surface area (Å²) in [6, 6.07) is 1.74. The van der Waals surface area contributed by atoms with Crippen molar-refractivity contribution in [2.75, 3.05) is 0 Å². The summed E-state index contributed by atoms with van der Waals surface area (Å²) in [5, 5.41) is 9.05. The van der Waals surface area contributed by atoms with Crippen LogP contribution in [0.5, 0.6) is 0 Å². The first-order valence-corrected chi connectivity index (χ1v) is 6.15. The van der Waals surface area contributed by atoms with E-state index in [1.807, 2.05) is 0 Å². The number of ether oxygens (including phenoxy) is 1. The quantitative estimate of drug-likeness (QED) is 0.222. The number of halogens is 3. The molecule has 1 aromatic carbocycles. The third-order valence-corrected chi connectivity index (χ3v) is 2.86. The Kier molecular flexibility index (Phi) is 5.21. The van der Waals surface area contributed by atoms with Gasteiger partial charge in [0.15, 0.2) is 12.0 Å². The van der Waals surface area contributed by atoms with Gasteiger partial charge in [-0.1, -0.05) is 0 Å². The van der Waals surface area contributed by atoms with Crippen LogP contribution in [0.15, 0.2) is 24.0 Å². The van der Waals surface area contributed by atoms with Crippen LogP contribution in [0.2, 0.25) is 0 Å². The molecular formula is C12H11F2IO3. The van der Waals surface area contributed by atoms with Gasteiger partial charge >= 0.3 is 0 Å². The lowest BCUT2D eigenvalue weighted by molar-refractivity contribution is -0.0474. The Labute approximate surface area is 117 Å². The zero-order valence-electron chi connectivity index (χ0n) is 9.71. The van der Waals surface area contributed by atoms with Gasteiger partial charge in [0.2, 0.25) is 5.78 Å². The van der Waals surface area contributed by atoms with Gasteiger partial charge in [-0.2, -0.15) is 0 Å². The summed E-state index contributed by atoms with van der Waals surface area (Å²) < 4.78 is 31.6. The third-order valence-electron chi connectivity index (χ3n) is 2.04. The molecule has 0 aliphatic rings. The van der Waals surface area contributed by atoms with E-state index in [0.29, 0.717) is 6.07 Å². The predicted octanol–water partition coefficient (Wildman–Crippen LogP) is 3.01. The summed E-state index contributed by atoms with van der Waals surface area (Å²) in [5.74, 6) is -2.63. The molecule has 0 aromatic heterocycles. The van der Waals surface area contributed by atoms with Crippen LogP contribution in [0.4, 0.5) is 8.78 Å². The number of ketones is 1. The van der Waals surface area contributed by atoms with Crippen LogP contribution < -0.4 is 0 Å². The summed E-state index contributed by atoms with van der Waals surface area (Å²) in [4.78, 5) is 11.9. The number of rotatable bonds is 4. The zero-order valence-corrected chi connectivity index (χ0v) is 11.9. The Hall–Kier alpha value is -1.02. The fourth-order valence-corrected chi connectivity index (χ4v) is 1.73. The molecule has 0 amide bonds. The van der Waals surface area contributed by atoms with Crippen molar-refractivity contribution >= 4 is 28.4 Å². The van der Waals surface area contributed by atoms with Crippen molar-refractivity contribution in [3.05, 3.63) is 44.7 Å². The Bertz CT molecular complexity index is 498. The highest BCUT2D eigenvalue weighted by Crippen LogP contribution is 2.20. The van der Waals surface area contributed by atoms with Crippen LogP contribution >= 0.6 is 22.6 Å². The van der Waals surface area contributed by atoms with Crippen molar-refractivity contribution in [1.29, 1.82) is 0 Å². The topological polar surface area (TPSA) is 46.5 Å². The number of carbonyl (C=O) groups excluding carboxylic acids is 1. The third kappa shape index (κ3) is 3.49. The maximum absolute atomic E-state index is 13.5. The van der Waals surface area contributed by atoms with Gasteiger partial charge < -0.3 is 9.84 Å². The molecule has 18 heavy (non-hydrogen) atoms. The molecular weight excluding hydrogens is 357 g/mol. The van der Waals surface area contributed by atoms with Crippen molar-refractivity contribution in [2.45, 2.75) is 20.1 Å². The van der Waals surface area contributed by atoms with Crippen molar-refractivity contribution in [3.63, 3.8) is 0 Å². The first-order valence-electron chi connectivity index (χ1n) is 5.07. The molecule has 0 heterocycles. The van der Waals surface area contributed by atoms with Crippen LogP contribution in [-0.2, 0) is 4.74 Å². The largest absolute Gasteiger partial charge is 0.462 e. The van der Waals surface area contributed by atoms with Gasteiger partial charge in [0, 0.05) is 9.64 Å². The number of aliphatic hydroxyl groups is 1. The van der Waals surface area contributed by atoms with E-state index in [1.54, 1.807) is 22.6 Å². The first kappa shape index (κ1) is 15.0. The number of aliphatic hydroxyl groups excluding tert-OH is 1. The molecule has 6 heteroatoms. The summed E-state index contributed by atoms with van der Waals surface area (Å²) >= 11 is 1.66. The second kappa shape index (κ2) is 6.24. The fourth-order valence-electron chi connectivity index (χ4n) is 1.27. The molecule has 1 N–H and O–H groups in total. The number of benzene rings is 1. The monoisotopic (exact) mass is 368 g/mol. The Morgan fingerprint density at radius 3 is 2.56 bits per heavy atom. The van der Waals surface area contributed by atoms with Crippen molar-refractivity contribution in [2.24, 2.45) is 0 Å². The number of hydrogen-bond acceptors (Lipinski definition) is 3. The molecule has 1 unspecified atom stereocenters. The van der Waals surface area contributed by atoms with E-state index < -0.39 is 23.7 Å². The highest BCUT2D eigenvalue weighted by atomic mass is 127. The minimum Gasteiger partial charge on any atom is -0.462 e.